The number of aromatic nitrogens is 2. The number of anilines is 3. The molecule has 1 heterocycles. The van der Waals surface area contributed by atoms with Crippen molar-refractivity contribution < 1.29 is 8.42 Å². The highest BCUT2D eigenvalue weighted by Crippen LogP contribution is 2.23. The number of sulfone groups is 1. The van der Waals surface area contributed by atoms with Crippen LogP contribution in [-0.2, 0) is 9.84 Å². The van der Waals surface area contributed by atoms with Gasteiger partial charge in [0, 0.05) is 29.3 Å². The Morgan fingerprint density at radius 2 is 1.79 bits per heavy atom. The fourth-order valence-corrected chi connectivity index (χ4v) is 2.90. The Morgan fingerprint density at radius 3 is 2.54 bits per heavy atom. The lowest BCUT2D eigenvalue weighted by molar-refractivity contribution is 0.602. The van der Waals surface area contributed by atoms with Gasteiger partial charge in [0.2, 0.25) is 0 Å². The van der Waals surface area contributed by atoms with Gasteiger partial charge in [-0.25, -0.2) is 18.4 Å². The summed E-state index contributed by atoms with van der Waals surface area (Å²) in [6.45, 7) is 0. The topological polar surface area (TPSA) is 98.0 Å². The molecule has 3 aromatic rings. The van der Waals surface area contributed by atoms with E-state index in [-0.39, 0.29) is 4.90 Å². The van der Waals surface area contributed by atoms with Gasteiger partial charge >= 0.3 is 0 Å². The Balaban J connectivity index is 1.91. The zero-order valence-electron chi connectivity index (χ0n) is 13.0. The standard InChI is InChI=1S/C17H16N4O2S/c1-24(22,23)15-7-3-6-14(9-15)21-17-10-16(19-11-20-17)12-4-2-5-13(18)8-12/h2-11H,18H2,1H3,(H,19,20,21). The zero-order chi connectivity index (χ0) is 17.2. The molecular formula is C17H16N4O2S. The molecule has 122 valence electrons. The maximum Gasteiger partial charge on any atom is 0.175 e. The van der Waals surface area contributed by atoms with Gasteiger partial charge in [0.05, 0.1) is 10.6 Å². The van der Waals surface area contributed by atoms with Crippen molar-refractivity contribution >= 4 is 27.0 Å². The first kappa shape index (κ1) is 15.9. The van der Waals surface area contributed by atoms with Crippen LogP contribution in [0.25, 0.3) is 11.3 Å². The number of nitrogens with one attached hydrogen (secondary N) is 1. The summed E-state index contributed by atoms with van der Waals surface area (Å²) in [5, 5.41) is 3.09. The molecule has 0 spiro atoms. The van der Waals surface area contributed by atoms with Gasteiger partial charge in [-0.3, -0.25) is 0 Å². The third-order valence-corrected chi connectivity index (χ3v) is 4.49. The molecular weight excluding hydrogens is 324 g/mol. The van der Waals surface area contributed by atoms with Crippen molar-refractivity contribution in [3.8, 4) is 11.3 Å². The highest BCUT2D eigenvalue weighted by Gasteiger charge is 2.08. The lowest BCUT2D eigenvalue weighted by Crippen LogP contribution is -2.00. The monoisotopic (exact) mass is 340 g/mol. The summed E-state index contributed by atoms with van der Waals surface area (Å²) in [6.07, 6.45) is 2.62. The summed E-state index contributed by atoms with van der Waals surface area (Å²) >= 11 is 0. The first-order valence-corrected chi connectivity index (χ1v) is 9.06. The maximum absolute atomic E-state index is 11.6. The van der Waals surface area contributed by atoms with Crippen molar-refractivity contribution in [1.29, 1.82) is 0 Å². The first-order chi connectivity index (χ1) is 11.4. The number of benzene rings is 2. The second-order valence-corrected chi connectivity index (χ2v) is 7.35. The first-order valence-electron chi connectivity index (χ1n) is 7.17. The molecule has 0 bridgehead atoms. The van der Waals surface area contributed by atoms with E-state index in [1.807, 2.05) is 18.2 Å². The van der Waals surface area contributed by atoms with Crippen molar-refractivity contribution in [1.82, 2.24) is 9.97 Å². The van der Waals surface area contributed by atoms with Crippen LogP contribution in [0.5, 0.6) is 0 Å². The van der Waals surface area contributed by atoms with Gasteiger partial charge in [0.1, 0.15) is 12.1 Å². The molecule has 0 saturated carbocycles. The molecule has 0 aliphatic heterocycles. The average Bonchev–Trinajstić information content (AvgIpc) is 2.55. The van der Waals surface area contributed by atoms with E-state index in [9.17, 15) is 8.42 Å². The number of hydrogen-bond acceptors (Lipinski definition) is 6. The van der Waals surface area contributed by atoms with Crippen LogP contribution in [0, 0.1) is 0 Å². The van der Waals surface area contributed by atoms with E-state index in [0.29, 0.717) is 17.2 Å². The highest BCUT2D eigenvalue weighted by molar-refractivity contribution is 7.90. The molecule has 0 aliphatic carbocycles. The normalized spacial score (nSPS) is 11.2. The third-order valence-electron chi connectivity index (χ3n) is 3.38. The van der Waals surface area contributed by atoms with Gasteiger partial charge in [0.25, 0.3) is 0 Å². The Morgan fingerprint density at radius 1 is 1.00 bits per heavy atom. The Hall–Kier alpha value is -2.93. The fourth-order valence-electron chi connectivity index (χ4n) is 2.23. The summed E-state index contributed by atoms with van der Waals surface area (Å²) in [5.41, 5.74) is 8.69. The van der Waals surface area contributed by atoms with E-state index in [1.165, 1.54) is 12.6 Å². The molecule has 3 N–H and O–H groups in total. The number of hydrogen-bond donors (Lipinski definition) is 2. The van der Waals surface area contributed by atoms with Gasteiger partial charge in [-0.05, 0) is 30.3 Å². The predicted molar refractivity (Wildman–Crippen MR) is 94.7 cm³/mol. The van der Waals surface area contributed by atoms with Crippen LogP contribution in [0.2, 0.25) is 0 Å². The molecule has 0 aliphatic rings. The minimum Gasteiger partial charge on any atom is -0.399 e. The van der Waals surface area contributed by atoms with Gasteiger partial charge in [0.15, 0.2) is 9.84 Å². The largest absolute Gasteiger partial charge is 0.399 e. The van der Waals surface area contributed by atoms with E-state index >= 15 is 0 Å². The summed E-state index contributed by atoms with van der Waals surface area (Å²) < 4.78 is 23.3. The van der Waals surface area contributed by atoms with Crippen LogP contribution in [0.3, 0.4) is 0 Å². The third kappa shape index (κ3) is 3.69. The molecule has 3 rings (SSSR count). The van der Waals surface area contributed by atoms with Crippen LogP contribution in [-0.4, -0.2) is 24.6 Å². The molecule has 0 unspecified atom stereocenters. The van der Waals surface area contributed by atoms with E-state index in [2.05, 4.69) is 15.3 Å². The minimum atomic E-state index is -3.26. The quantitative estimate of drug-likeness (QED) is 0.709. The van der Waals surface area contributed by atoms with E-state index in [0.717, 1.165) is 11.3 Å². The van der Waals surface area contributed by atoms with E-state index in [1.54, 1.807) is 36.4 Å². The lowest BCUT2D eigenvalue weighted by atomic mass is 10.1. The summed E-state index contributed by atoms with van der Waals surface area (Å²) in [5.74, 6) is 0.563. The molecule has 0 saturated heterocycles. The number of nitrogen functional groups attached to an aromatic ring is 1. The van der Waals surface area contributed by atoms with Crippen LogP contribution in [0.15, 0.2) is 65.8 Å². The van der Waals surface area contributed by atoms with Crippen molar-refractivity contribution in [2.75, 3.05) is 17.3 Å². The van der Waals surface area contributed by atoms with Crippen molar-refractivity contribution in [3.63, 3.8) is 0 Å². The Bertz CT molecular complexity index is 987. The molecule has 0 atom stereocenters. The summed E-state index contributed by atoms with van der Waals surface area (Å²) in [6, 6.07) is 15.8. The molecule has 0 radical (unpaired) electrons. The molecule has 1 aromatic heterocycles. The second kappa shape index (κ2) is 6.29. The van der Waals surface area contributed by atoms with Gasteiger partial charge in [-0.15, -0.1) is 0 Å². The molecule has 0 amide bonds. The predicted octanol–water partition coefficient (Wildman–Crippen LogP) is 2.87. The number of nitrogens with two attached hydrogens (primary N) is 1. The molecule has 24 heavy (non-hydrogen) atoms. The smallest absolute Gasteiger partial charge is 0.175 e. The zero-order valence-corrected chi connectivity index (χ0v) is 13.8. The molecule has 7 heteroatoms. The molecule has 0 fully saturated rings. The van der Waals surface area contributed by atoms with Crippen molar-refractivity contribution in [2.24, 2.45) is 0 Å². The number of rotatable bonds is 4. The SMILES string of the molecule is CS(=O)(=O)c1cccc(Nc2cc(-c3cccc(N)c3)ncn2)c1. The maximum atomic E-state index is 11.6. The van der Waals surface area contributed by atoms with Gasteiger partial charge in [-0.2, -0.15) is 0 Å². The van der Waals surface area contributed by atoms with Crippen molar-refractivity contribution in [3.05, 3.63) is 60.9 Å². The van der Waals surface area contributed by atoms with Crippen LogP contribution < -0.4 is 11.1 Å². The molecule has 6 nitrogen and oxygen atoms in total. The fraction of sp³-hybridized carbons (Fsp3) is 0.0588. The highest BCUT2D eigenvalue weighted by atomic mass is 32.2. The van der Waals surface area contributed by atoms with Crippen LogP contribution >= 0.6 is 0 Å². The van der Waals surface area contributed by atoms with Crippen LogP contribution in [0.1, 0.15) is 0 Å². The number of nitrogens with zero attached hydrogens (tertiary/aromatic N) is 2. The van der Waals surface area contributed by atoms with Gasteiger partial charge < -0.3 is 11.1 Å². The van der Waals surface area contributed by atoms with Crippen molar-refractivity contribution in [2.45, 2.75) is 4.90 Å². The van der Waals surface area contributed by atoms with E-state index < -0.39 is 9.84 Å². The Kier molecular flexibility index (Phi) is 4.18. The lowest BCUT2D eigenvalue weighted by Gasteiger charge is -2.08. The van der Waals surface area contributed by atoms with Gasteiger partial charge in [-0.1, -0.05) is 18.2 Å². The molecule has 2 aromatic carbocycles. The average molecular weight is 340 g/mol. The summed E-state index contributed by atoms with van der Waals surface area (Å²) in [7, 11) is -3.26. The second-order valence-electron chi connectivity index (χ2n) is 5.34. The minimum absolute atomic E-state index is 0.248. The summed E-state index contributed by atoms with van der Waals surface area (Å²) in [4.78, 5) is 8.67. The Labute approximate surface area is 140 Å². The van der Waals surface area contributed by atoms with E-state index in [4.69, 9.17) is 5.73 Å². The van der Waals surface area contributed by atoms with Crippen LogP contribution in [0.4, 0.5) is 17.2 Å².